The van der Waals surface area contributed by atoms with E-state index in [1.807, 2.05) is 42.5 Å². The van der Waals surface area contributed by atoms with Crippen LogP contribution in [0, 0.1) is 5.92 Å². The van der Waals surface area contributed by atoms with Gasteiger partial charge >= 0.3 is 0 Å². The monoisotopic (exact) mass is 413 g/mol. The number of rotatable bonds is 9. The summed E-state index contributed by atoms with van der Waals surface area (Å²) in [6.45, 7) is 3.16. The molecular weight excluding hydrogens is 382 g/mol. The van der Waals surface area contributed by atoms with Crippen LogP contribution >= 0.6 is 0 Å². The average molecular weight is 414 g/mol. The molecule has 160 valence electrons. The molecule has 31 heavy (non-hydrogen) atoms. The zero-order valence-corrected chi connectivity index (χ0v) is 18.1. The van der Waals surface area contributed by atoms with Crippen LogP contribution in [0.2, 0.25) is 0 Å². The van der Waals surface area contributed by atoms with Crippen LogP contribution in [0.1, 0.15) is 29.5 Å². The Balaban J connectivity index is 1.18. The molecule has 0 atom stereocenters. The molecule has 3 nitrogen and oxygen atoms in total. The number of benzene rings is 3. The van der Waals surface area contributed by atoms with Crippen molar-refractivity contribution in [2.24, 2.45) is 5.92 Å². The second kappa shape index (κ2) is 10.9. The lowest BCUT2D eigenvalue weighted by Crippen LogP contribution is -2.38. The second-order valence-corrected chi connectivity index (χ2v) is 8.54. The molecule has 3 aromatic carbocycles. The topological polar surface area (TPSA) is 29.5 Å². The Kier molecular flexibility index (Phi) is 7.51. The van der Waals surface area contributed by atoms with Gasteiger partial charge in [-0.2, -0.15) is 0 Å². The molecule has 3 aromatic rings. The summed E-state index contributed by atoms with van der Waals surface area (Å²) in [5.74, 6) is 1.86. The Bertz CT molecular complexity index is 930. The normalized spacial score (nSPS) is 15.0. The quantitative estimate of drug-likeness (QED) is 0.475. The van der Waals surface area contributed by atoms with E-state index in [1.165, 1.54) is 18.4 Å². The highest BCUT2D eigenvalue weighted by atomic mass is 16.5. The van der Waals surface area contributed by atoms with Crippen molar-refractivity contribution in [1.29, 1.82) is 0 Å². The van der Waals surface area contributed by atoms with Gasteiger partial charge in [0.15, 0.2) is 5.78 Å². The molecule has 0 unspecified atom stereocenters. The number of nitrogens with zero attached hydrogens (tertiary/aromatic N) is 1. The fourth-order valence-electron chi connectivity index (χ4n) is 4.27. The van der Waals surface area contributed by atoms with Crippen molar-refractivity contribution in [2.75, 3.05) is 19.6 Å². The summed E-state index contributed by atoms with van der Waals surface area (Å²) in [4.78, 5) is 14.9. The molecule has 1 aliphatic rings. The Hall–Kier alpha value is -2.91. The Labute approximate surface area is 185 Å². The van der Waals surface area contributed by atoms with Crippen LogP contribution in [0.4, 0.5) is 0 Å². The molecule has 1 fully saturated rings. The van der Waals surface area contributed by atoms with Gasteiger partial charge in [0.1, 0.15) is 12.4 Å². The number of piperidine rings is 1. The highest BCUT2D eigenvalue weighted by Crippen LogP contribution is 2.22. The summed E-state index contributed by atoms with van der Waals surface area (Å²) in [5, 5.41) is 0. The van der Waals surface area contributed by atoms with E-state index >= 15 is 0 Å². The van der Waals surface area contributed by atoms with E-state index in [0.717, 1.165) is 42.3 Å². The smallest absolute Gasteiger partial charge is 0.151 e. The van der Waals surface area contributed by atoms with Gasteiger partial charge in [0.05, 0.1) is 6.54 Å². The molecule has 0 saturated carbocycles. The van der Waals surface area contributed by atoms with Gasteiger partial charge in [0.25, 0.3) is 0 Å². The van der Waals surface area contributed by atoms with Crippen LogP contribution in [-0.4, -0.2) is 30.3 Å². The first-order valence-corrected chi connectivity index (χ1v) is 11.3. The summed E-state index contributed by atoms with van der Waals surface area (Å²) in [7, 11) is 0. The summed E-state index contributed by atoms with van der Waals surface area (Å²) in [6.07, 6.45) is 4.00. The predicted octanol–water partition coefficient (Wildman–Crippen LogP) is 5.33. The summed E-state index contributed by atoms with van der Waals surface area (Å²) in [6, 6.07) is 28.8. The number of carbonyl (C=O) groups is 1. The van der Waals surface area contributed by atoms with Gasteiger partial charge in [-0.05, 0) is 67.1 Å². The third kappa shape index (κ3) is 6.80. The number of hydrogen-bond acceptors (Lipinski definition) is 3. The van der Waals surface area contributed by atoms with Crippen LogP contribution in [0.15, 0.2) is 84.9 Å². The highest BCUT2D eigenvalue weighted by Gasteiger charge is 2.21. The fourth-order valence-corrected chi connectivity index (χ4v) is 4.27. The molecule has 0 amide bonds. The van der Waals surface area contributed by atoms with Crippen molar-refractivity contribution < 1.29 is 9.53 Å². The first-order valence-electron chi connectivity index (χ1n) is 11.3. The third-order valence-electron chi connectivity index (χ3n) is 6.05. The number of ether oxygens (including phenoxy) is 1. The lowest BCUT2D eigenvalue weighted by atomic mass is 9.90. The fraction of sp³-hybridized carbons (Fsp3) is 0.321. The van der Waals surface area contributed by atoms with Crippen molar-refractivity contribution >= 4 is 5.78 Å². The standard InChI is InChI=1S/C28H31NO2/c30-27(21-29-17-15-25(16-18-29)19-23-7-3-1-4-8-23)20-24-11-13-28(14-12-24)31-22-26-9-5-2-6-10-26/h1-14,25H,15-22H2. The molecule has 3 heteroatoms. The molecule has 1 saturated heterocycles. The molecule has 0 aliphatic carbocycles. The lowest BCUT2D eigenvalue weighted by molar-refractivity contribution is -0.119. The van der Waals surface area contributed by atoms with Gasteiger partial charge in [-0.1, -0.05) is 72.8 Å². The van der Waals surface area contributed by atoms with Crippen molar-refractivity contribution in [1.82, 2.24) is 4.90 Å². The number of hydrogen-bond donors (Lipinski definition) is 0. The Morgan fingerprint density at radius 2 is 1.39 bits per heavy atom. The number of ketones is 1. The molecule has 1 heterocycles. The maximum Gasteiger partial charge on any atom is 0.151 e. The first kappa shape index (κ1) is 21.3. The van der Waals surface area contributed by atoms with Crippen LogP contribution in [0.5, 0.6) is 5.75 Å². The highest BCUT2D eigenvalue weighted by molar-refractivity contribution is 5.82. The number of likely N-dealkylation sites (tertiary alicyclic amines) is 1. The molecule has 0 spiro atoms. The van der Waals surface area contributed by atoms with Crippen molar-refractivity contribution in [3.05, 3.63) is 102 Å². The zero-order chi connectivity index (χ0) is 21.3. The minimum Gasteiger partial charge on any atom is -0.489 e. The van der Waals surface area contributed by atoms with Gasteiger partial charge in [-0.3, -0.25) is 9.69 Å². The van der Waals surface area contributed by atoms with Crippen LogP contribution in [-0.2, 0) is 24.2 Å². The van der Waals surface area contributed by atoms with Gasteiger partial charge in [-0.15, -0.1) is 0 Å². The molecule has 0 radical (unpaired) electrons. The SMILES string of the molecule is O=C(Cc1ccc(OCc2ccccc2)cc1)CN1CCC(Cc2ccccc2)CC1. The maximum absolute atomic E-state index is 12.6. The molecular formula is C28H31NO2. The van der Waals surface area contributed by atoms with Gasteiger partial charge in [-0.25, -0.2) is 0 Å². The second-order valence-electron chi connectivity index (χ2n) is 8.54. The van der Waals surface area contributed by atoms with E-state index in [9.17, 15) is 4.79 Å². The molecule has 0 aromatic heterocycles. The van der Waals surface area contributed by atoms with Crippen molar-refractivity contribution in [3.8, 4) is 5.75 Å². The van der Waals surface area contributed by atoms with Crippen molar-refractivity contribution in [2.45, 2.75) is 32.3 Å². The molecule has 0 bridgehead atoms. The van der Waals surface area contributed by atoms with E-state index in [2.05, 4.69) is 47.4 Å². The van der Waals surface area contributed by atoms with E-state index < -0.39 is 0 Å². The van der Waals surface area contributed by atoms with Crippen LogP contribution < -0.4 is 4.74 Å². The summed E-state index contributed by atoms with van der Waals surface area (Å²) < 4.78 is 5.83. The molecule has 4 rings (SSSR count). The van der Waals surface area contributed by atoms with Crippen LogP contribution in [0.3, 0.4) is 0 Å². The summed E-state index contributed by atoms with van der Waals surface area (Å²) >= 11 is 0. The Morgan fingerprint density at radius 1 is 0.774 bits per heavy atom. The summed E-state index contributed by atoms with van der Waals surface area (Å²) in [5.41, 5.74) is 3.62. The molecule has 1 aliphatic heterocycles. The van der Waals surface area contributed by atoms with E-state index in [-0.39, 0.29) is 0 Å². The minimum absolute atomic E-state index is 0.291. The largest absolute Gasteiger partial charge is 0.489 e. The molecule has 0 N–H and O–H groups in total. The Morgan fingerprint density at radius 3 is 2.03 bits per heavy atom. The predicted molar refractivity (Wildman–Crippen MR) is 125 cm³/mol. The van der Waals surface area contributed by atoms with Crippen LogP contribution in [0.25, 0.3) is 0 Å². The van der Waals surface area contributed by atoms with Gasteiger partial charge in [0, 0.05) is 6.42 Å². The van der Waals surface area contributed by atoms with E-state index in [1.54, 1.807) is 0 Å². The van der Waals surface area contributed by atoms with E-state index in [0.29, 0.717) is 25.4 Å². The van der Waals surface area contributed by atoms with Crippen molar-refractivity contribution in [3.63, 3.8) is 0 Å². The first-order chi connectivity index (χ1) is 15.2. The van der Waals surface area contributed by atoms with E-state index in [4.69, 9.17) is 4.74 Å². The average Bonchev–Trinajstić information content (AvgIpc) is 2.81. The number of carbonyl (C=O) groups excluding carboxylic acids is 1. The lowest BCUT2D eigenvalue weighted by Gasteiger charge is -2.31. The maximum atomic E-state index is 12.6. The third-order valence-corrected chi connectivity index (χ3v) is 6.05. The minimum atomic E-state index is 0.291. The number of Topliss-reactive ketones (excluding diaryl/α,β-unsaturated/α-hetero) is 1. The van der Waals surface area contributed by atoms with Gasteiger partial charge < -0.3 is 4.74 Å². The zero-order valence-electron chi connectivity index (χ0n) is 18.1. The van der Waals surface area contributed by atoms with Gasteiger partial charge in [0.2, 0.25) is 0 Å².